The largest absolute Gasteiger partial charge is 0.411 e. The molecule has 2 amide bonds. The number of amides is 2. The van der Waals surface area contributed by atoms with E-state index in [4.69, 9.17) is 16.6 Å². The van der Waals surface area contributed by atoms with Crippen LogP contribution in [0.1, 0.15) is 30.3 Å². The van der Waals surface area contributed by atoms with Gasteiger partial charge in [0.05, 0.1) is 5.75 Å². The van der Waals surface area contributed by atoms with E-state index in [2.05, 4.69) is 20.8 Å². The number of rotatable bonds is 10. The Labute approximate surface area is 219 Å². The monoisotopic (exact) mass is 543 g/mol. The van der Waals surface area contributed by atoms with Crippen molar-refractivity contribution in [2.75, 3.05) is 17.6 Å². The normalized spacial score (nSPS) is 10.8. The third-order valence-corrected chi connectivity index (χ3v) is 7.04. The zero-order valence-electron chi connectivity index (χ0n) is 19.2. The Morgan fingerprint density at radius 3 is 2.61 bits per heavy atom. The van der Waals surface area contributed by atoms with Gasteiger partial charge in [0.15, 0.2) is 3.95 Å². The summed E-state index contributed by atoms with van der Waals surface area (Å²) in [6.07, 6.45) is 1.78. The molecule has 2 N–H and O–H groups in total. The van der Waals surface area contributed by atoms with E-state index in [0.29, 0.717) is 21.1 Å². The third-order valence-electron chi connectivity index (χ3n) is 4.93. The van der Waals surface area contributed by atoms with Crippen LogP contribution < -0.4 is 10.6 Å². The molecule has 2 aromatic carbocycles. The van der Waals surface area contributed by atoms with Crippen LogP contribution in [0.5, 0.6) is 0 Å². The second-order valence-electron chi connectivity index (χ2n) is 7.54. The average Bonchev–Trinajstić information content (AvgIpc) is 3.48. The van der Waals surface area contributed by atoms with Crippen LogP contribution in [0, 0.1) is 9.77 Å². The number of anilines is 1. The quantitative estimate of drug-likeness (QED) is 0.150. The zero-order chi connectivity index (χ0) is 25.5. The van der Waals surface area contributed by atoms with Crippen LogP contribution in [0.15, 0.2) is 64.2 Å². The molecule has 12 heteroatoms. The van der Waals surface area contributed by atoms with Crippen molar-refractivity contribution in [2.45, 2.75) is 25.0 Å². The molecule has 0 spiro atoms. The Kier molecular flexibility index (Phi) is 8.62. The average molecular weight is 544 g/mol. The minimum atomic E-state index is -0.368. The van der Waals surface area contributed by atoms with Gasteiger partial charge in [-0.25, -0.2) is 4.39 Å². The standard InChI is InChI=1S/C24H22FN5O3S3/c1-2-3-13-26-20(32)19-22(36-24(34)30(19)17-7-5-4-6-8-17)27-18(31)14-35-23-29-28-21(33-23)15-9-11-16(25)12-10-15/h4-12H,2-3,13-14H2,1H3,(H,26,32)(H,27,31). The van der Waals surface area contributed by atoms with Crippen LogP contribution in [0.25, 0.3) is 17.1 Å². The lowest BCUT2D eigenvalue weighted by Gasteiger charge is -2.11. The van der Waals surface area contributed by atoms with Gasteiger partial charge in [0, 0.05) is 17.8 Å². The van der Waals surface area contributed by atoms with Crippen LogP contribution in [-0.4, -0.2) is 38.9 Å². The molecule has 0 saturated carbocycles. The molecule has 36 heavy (non-hydrogen) atoms. The number of thiazole rings is 1. The highest BCUT2D eigenvalue weighted by Gasteiger charge is 2.23. The summed E-state index contributed by atoms with van der Waals surface area (Å²) in [6, 6.07) is 14.9. The van der Waals surface area contributed by atoms with E-state index in [1.165, 1.54) is 24.3 Å². The molecule has 0 radical (unpaired) electrons. The molecule has 4 rings (SSSR count). The number of aromatic nitrogens is 3. The first-order valence-corrected chi connectivity index (χ1v) is 13.3. The predicted octanol–water partition coefficient (Wildman–Crippen LogP) is 5.72. The minimum Gasteiger partial charge on any atom is -0.411 e. The van der Waals surface area contributed by atoms with Gasteiger partial charge in [-0.1, -0.05) is 54.6 Å². The fourth-order valence-corrected chi connectivity index (χ4v) is 5.12. The van der Waals surface area contributed by atoms with Crippen molar-refractivity contribution in [1.82, 2.24) is 20.1 Å². The smallest absolute Gasteiger partial charge is 0.277 e. The van der Waals surface area contributed by atoms with Crippen LogP contribution >= 0.6 is 35.3 Å². The molecule has 0 saturated heterocycles. The molecule has 8 nitrogen and oxygen atoms in total. The van der Waals surface area contributed by atoms with Gasteiger partial charge in [0.1, 0.15) is 16.5 Å². The Morgan fingerprint density at radius 2 is 1.89 bits per heavy atom. The first-order valence-electron chi connectivity index (χ1n) is 11.1. The highest BCUT2D eigenvalue weighted by molar-refractivity contribution is 7.99. The number of benzene rings is 2. The number of para-hydroxylation sites is 1. The van der Waals surface area contributed by atoms with Crippen LogP contribution in [-0.2, 0) is 4.79 Å². The number of carbonyl (C=O) groups excluding carboxylic acids is 2. The number of nitrogens with zero attached hydrogens (tertiary/aromatic N) is 3. The number of hydrogen-bond donors (Lipinski definition) is 2. The molecule has 4 aromatic rings. The highest BCUT2D eigenvalue weighted by atomic mass is 32.2. The van der Waals surface area contributed by atoms with Crippen molar-refractivity contribution in [3.05, 3.63) is 70.1 Å². The van der Waals surface area contributed by atoms with Crippen LogP contribution in [0.4, 0.5) is 9.39 Å². The number of nitrogens with one attached hydrogen (secondary N) is 2. The summed E-state index contributed by atoms with van der Waals surface area (Å²) in [7, 11) is 0. The van der Waals surface area contributed by atoms with Gasteiger partial charge >= 0.3 is 0 Å². The van der Waals surface area contributed by atoms with E-state index < -0.39 is 0 Å². The van der Waals surface area contributed by atoms with Gasteiger partial charge in [0.2, 0.25) is 11.8 Å². The van der Waals surface area contributed by atoms with Crippen LogP contribution in [0.3, 0.4) is 0 Å². The van der Waals surface area contributed by atoms with Crippen molar-refractivity contribution in [1.29, 1.82) is 0 Å². The number of halogens is 1. The predicted molar refractivity (Wildman–Crippen MR) is 141 cm³/mol. The summed E-state index contributed by atoms with van der Waals surface area (Å²) in [4.78, 5) is 25.8. The topological polar surface area (TPSA) is 102 Å². The van der Waals surface area contributed by atoms with Gasteiger partial charge in [-0.2, -0.15) is 0 Å². The van der Waals surface area contributed by atoms with Crippen molar-refractivity contribution < 1.29 is 18.4 Å². The molecule has 0 unspecified atom stereocenters. The Bertz CT molecular complexity index is 1400. The minimum absolute atomic E-state index is 0.0298. The molecule has 186 valence electrons. The Hall–Kier alpha value is -3.35. The summed E-state index contributed by atoms with van der Waals surface area (Å²) in [5, 5.41) is 14.1. The maximum Gasteiger partial charge on any atom is 0.277 e. The van der Waals surface area contributed by atoms with Crippen molar-refractivity contribution in [2.24, 2.45) is 0 Å². The number of unbranched alkanes of at least 4 members (excludes halogenated alkanes) is 1. The molecule has 0 fully saturated rings. The fraction of sp³-hybridized carbons (Fsp3) is 0.208. The maximum absolute atomic E-state index is 13.1. The first-order chi connectivity index (χ1) is 17.5. The molecule has 2 heterocycles. The number of carbonyl (C=O) groups is 2. The van der Waals surface area contributed by atoms with E-state index in [-0.39, 0.29) is 40.2 Å². The summed E-state index contributed by atoms with van der Waals surface area (Å²) in [6.45, 7) is 2.56. The molecule has 0 aliphatic heterocycles. The molecule has 0 aliphatic rings. The number of thioether (sulfide) groups is 1. The van der Waals surface area contributed by atoms with E-state index in [0.717, 1.165) is 41.6 Å². The zero-order valence-corrected chi connectivity index (χ0v) is 21.6. The van der Waals surface area contributed by atoms with Gasteiger partial charge in [0.25, 0.3) is 11.1 Å². The second kappa shape index (κ2) is 12.1. The van der Waals surface area contributed by atoms with E-state index >= 15 is 0 Å². The molecule has 0 atom stereocenters. The van der Waals surface area contributed by atoms with Crippen LogP contribution in [0.2, 0.25) is 0 Å². The molecule has 0 aliphatic carbocycles. The lowest BCUT2D eigenvalue weighted by atomic mass is 10.2. The second-order valence-corrected chi connectivity index (χ2v) is 10.1. The molecule has 0 bridgehead atoms. The van der Waals surface area contributed by atoms with Gasteiger partial charge in [-0.3, -0.25) is 14.2 Å². The summed E-state index contributed by atoms with van der Waals surface area (Å²) >= 11 is 7.74. The Balaban J connectivity index is 1.49. The number of hydrogen-bond acceptors (Lipinski definition) is 8. The third kappa shape index (κ3) is 6.25. The van der Waals surface area contributed by atoms with Gasteiger partial charge in [-0.15, -0.1) is 10.2 Å². The van der Waals surface area contributed by atoms with E-state index in [1.54, 1.807) is 4.57 Å². The Morgan fingerprint density at radius 1 is 1.14 bits per heavy atom. The summed E-state index contributed by atoms with van der Waals surface area (Å²) in [5.74, 6) is -0.851. The molecule has 2 aromatic heterocycles. The van der Waals surface area contributed by atoms with E-state index in [9.17, 15) is 14.0 Å². The fourth-order valence-electron chi connectivity index (χ4n) is 3.20. The van der Waals surface area contributed by atoms with Crippen molar-refractivity contribution in [3.8, 4) is 17.1 Å². The highest BCUT2D eigenvalue weighted by Crippen LogP contribution is 2.30. The van der Waals surface area contributed by atoms with Gasteiger partial charge in [-0.05, 0) is 55.0 Å². The van der Waals surface area contributed by atoms with Crippen molar-refractivity contribution >= 4 is 52.1 Å². The van der Waals surface area contributed by atoms with Gasteiger partial charge < -0.3 is 15.1 Å². The summed E-state index contributed by atoms with van der Waals surface area (Å²) in [5.41, 5.74) is 1.58. The maximum atomic E-state index is 13.1. The van der Waals surface area contributed by atoms with Crippen molar-refractivity contribution in [3.63, 3.8) is 0 Å². The summed E-state index contributed by atoms with van der Waals surface area (Å²) < 4.78 is 20.8. The lowest BCUT2D eigenvalue weighted by molar-refractivity contribution is -0.113. The SMILES string of the molecule is CCCCNC(=O)c1c(NC(=O)CSc2nnc(-c3ccc(F)cc3)o2)sc(=S)n1-c1ccccc1. The van der Waals surface area contributed by atoms with E-state index in [1.807, 2.05) is 37.3 Å². The lowest BCUT2D eigenvalue weighted by Crippen LogP contribution is -2.28. The molecular formula is C24H22FN5O3S3. The first kappa shape index (κ1) is 25.7. The molecular weight excluding hydrogens is 521 g/mol.